The summed E-state index contributed by atoms with van der Waals surface area (Å²) in [5.74, 6) is 0.534. The van der Waals surface area contributed by atoms with E-state index in [0.29, 0.717) is 24.7 Å². The van der Waals surface area contributed by atoms with Gasteiger partial charge in [-0.05, 0) is 6.42 Å². The van der Waals surface area contributed by atoms with Crippen molar-refractivity contribution in [2.45, 2.75) is 26.5 Å². The second-order valence-electron chi connectivity index (χ2n) is 2.94. The van der Waals surface area contributed by atoms with Crippen LogP contribution in [0.1, 0.15) is 24.9 Å². The summed E-state index contributed by atoms with van der Waals surface area (Å²) in [7, 11) is 0. The lowest BCUT2D eigenvalue weighted by Crippen LogP contribution is -2.15. The fraction of sp³-hybridized carbons (Fsp3) is 0.556. The van der Waals surface area contributed by atoms with Crippen LogP contribution in [0.15, 0.2) is 10.9 Å². The zero-order valence-electron chi connectivity index (χ0n) is 8.25. The SMILES string of the molecule is CCCOCc1nc(CN)cc(=O)[nH]1. The van der Waals surface area contributed by atoms with Crippen molar-refractivity contribution in [1.82, 2.24) is 9.97 Å². The number of rotatable bonds is 5. The van der Waals surface area contributed by atoms with E-state index in [2.05, 4.69) is 9.97 Å². The van der Waals surface area contributed by atoms with Gasteiger partial charge in [-0.2, -0.15) is 0 Å². The predicted molar refractivity (Wildman–Crippen MR) is 52.7 cm³/mol. The van der Waals surface area contributed by atoms with Gasteiger partial charge in [0.05, 0.1) is 5.69 Å². The van der Waals surface area contributed by atoms with E-state index in [1.165, 1.54) is 6.07 Å². The number of nitrogens with two attached hydrogens (primary N) is 1. The Bertz CT molecular complexity index is 335. The number of nitrogens with one attached hydrogen (secondary N) is 1. The van der Waals surface area contributed by atoms with E-state index in [1.54, 1.807) is 0 Å². The predicted octanol–water partition coefficient (Wildman–Crippen LogP) is 0.155. The van der Waals surface area contributed by atoms with Crippen LogP contribution in [0.4, 0.5) is 0 Å². The highest BCUT2D eigenvalue weighted by Crippen LogP contribution is 1.94. The van der Waals surface area contributed by atoms with Gasteiger partial charge in [0.15, 0.2) is 0 Å². The van der Waals surface area contributed by atoms with Crippen molar-refractivity contribution in [3.8, 4) is 0 Å². The van der Waals surface area contributed by atoms with Crippen LogP contribution in [0.25, 0.3) is 0 Å². The number of H-pyrrole nitrogens is 1. The molecule has 0 unspecified atom stereocenters. The monoisotopic (exact) mass is 197 g/mol. The molecule has 0 bridgehead atoms. The Labute approximate surface area is 82.3 Å². The number of aromatic amines is 1. The van der Waals surface area contributed by atoms with Crippen molar-refractivity contribution in [2.75, 3.05) is 6.61 Å². The van der Waals surface area contributed by atoms with Gasteiger partial charge in [-0.25, -0.2) is 4.98 Å². The number of nitrogens with zero attached hydrogens (tertiary/aromatic N) is 1. The Kier molecular flexibility index (Phi) is 4.28. The molecule has 1 rings (SSSR count). The molecule has 0 aliphatic heterocycles. The summed E-state index contributed by atoms with van der Waals surface area (Å²) in [6.07, 6.45) is 0.945. The fourth-order valence-electron chi connectivity index (χ4n) is 1.05. The average molecular weight is 197 g/mol. The fourth-order valence-corrected chi connectivity index (χ4v) is 1.05. The van der Waals surface area contributed by atoms with Gasteiger partial charge in [0.2, 0.25) is 0 Å². The highest BCUT2D eigenvalue weighted by molar-refractivity contribution is 5.01. The lowest BCUT2D eigenvalue weighted by atomic mass is 10.4. The Morgan fingerprint density at radius 3 is 3.07 bits per heavy atom. The molecule has 0 spiro atoms. The molecule has 1 heterocycles. The number of aromatic nitrogens is 2. The smallest absolute Gasteiger partial charge is 0.251 e. The molecule has 0 fully saturated rings. The second-order valence-corrected chi connectivity index (χ2v) is 2.94. The molecule has 5 nitrogen and oxygen atoms in total. The summed E-state index contributed by atoms with van der Waals surface area (Å²) >= 11 is 0. The molecule has 0 aliphatic carbocycles. The standard InChI is InChI=1S/C9H15N3O2/c1-2-3-14-6-8-11-7(5-10)4-9(13)12-8/h4H,2-3,5-6,10H2,1H3,(H,11,12,13). The van der Waals surface area contributed by atoms with Crippen LogP contribution < -0.4 is 11.3 Å². The minimum absolute atomic E-state index is 0.185. The molecule has 14 heavy (non-hydrogen) atoms. The van der Waals surface area contributed by atoms with E-state index in [-0.39, 0.29) is 12.1 Å². The van der Waals surface area contributed by atoms with Crippen molar-refractivity contribution in [3.05, 3.63) is 27.9 Å². The first-order valence-corrected chi connectivity index (χ1v) is 4.63. The van der Waals surface area contributed by atoms with Crippen molar-refractivity contribution >= 4 is 0 Å². The minimum Gasteiger partial charge on any atom is -0.374 e. The molecule has 0 aliphatic rings. The molecule has 0 saturated carbocycles. The van der Waals surface area contributed by atoms with Crippen molar-refractivity contribution in [1.29, 1.82) is 0 Å². The highest BCUT2D eigenvalue weighted by atomic mass is 16.5. The van der Waals surface area contributed by atoms with Gasteiger partial charge >= 0.3 is 0 Å². The van der Waals surface area contributed by atoms with Crippen molar-refractivity contribution in [2.24, 2.45) is 5.73 Å². The maximum Gasteiger partial charge on any atom is 0.251 e. The van der Waals surface area contributed by atoms with E-state index in [9.17, 15) is 4.79 Å². The topological polar surface area (TPSA) is 81.0 Å². The van der Waals surface area contributed by atoms with Gasteiger partial charge in [0, 0.05) is 19.2 Å². The van der Waals surface area contributed by atoms with Crippen LogP contribution in [0.2, 0.25) is 0 Å². The third-order valence-corrected chi connectivity index (χ3v) is 1.64. The van der Waals surface area contributed by atoms with E-state index in [0.717, 1.165) is 6.42 Å². The van der Waals surface area contributed by atoms with Gasteiger partial charge < -0.3 is 15.5 Å². The van der Waals surface area contributed by atoms with E-state index >= 15 is 0 Å². The summed E-state index contributed by atoms with van der Waals surface area (Å²) in [5, 5.41) is 0. The molecule has 78 valence electrons. The Hall–Kier alpha value is -1.20. The molecule has 1 aromatic rings. The summed E-state index contributed by atoms with van der Waals surface area (Å²) < 4.78 is 5.25. The van der Waals surface area contributed by atoms with Gasteiger partial charge in [-0.3, -0.25) is 4.79 Å². The molecule has 3 N–H and O–H groups in total. The first kappa shape index (κ1) is 10.9. The molecule has 0 saturated heterocycles. The van der Waals surface area contributed by atoms with Gasteiger partial charge in [-0.15, -0.1) is 0 Å². The van der Waals surface area contributed by atoms with Crippen LogP contribution in [-0.2, 0) is 17.9 Å². The third-order valence-electron chi connectivity index (χ3n) is 1.64. The lowest BCUT2D eigenvalue weighted by molar-refractivity contribution is 0.115. The van der Waals surface area contributed by atoms with Crippen molar-refractivity contribution in [3.63, 3.8) is 0 Å². The minimum atomic E-state index is -0.185. The summed E-state index contributed by atoms with van der Waals surface area (Å²) in [6, 6.07) is 1.39. The zero-order valence-corrected chi connectivity index (χ0v) is 8.25. The van der Waals surface area contributed by atoms with Gasteiger partial charge in [0.1, 0.15) is 12.4 Å². The number of hydrogen-bond acceptors (Lipinski definition) is 4. The lowest BCUT2D eigenvalue weighted by Gasteiger charge is -2.03. The number of hydrogen-bond donors (Lipinski definition) is 2. The Morgan fingerprint density at radius 2 is 2.43 bits per heavy atom. The molecule has 0 amide bonds. The Balaban J connectivity index is 2.67. The van der Waals surface area contributed by atoms with E-state index in [1.807, 2.05) is 6.92 Å². The third kappa shape index (κ3) is 3.27. The van der Waals surface area contributed by atoms with Crippen LogP contribution in [0, 0.1) is 0 Å². The van der Waals surface area contributed by atoms with Gasteiger partial charge in [-0.1, -0.05) is 6.92 Å². The first-order chi connectivity index (χ1) is 6.76. The first-order valence-electron chi connectivity index (χ1n) is 4.63. The molecule has 1 aromatic heterocycles. The molecule has 0 atom stereocenters. The van der Waals surface area contributed by atoms with Crippen LogP contribution in [0.5, 0.6) is 0 Å². The number of ether oxygens (including phenoxy) is 1. The molecule has 0 aromatic carbocycles. The van der Waals surface area contributed by atoms with Crippen LogP contribution in [0.3, 0.4) is 0 Å². The van der Waals surface area contributed by atoms with E-state index in [4.69, 9.17) is 10.5 Å². The Morgan fingerprint density at radius 1 is 1.64 bits per heavy atom. The summed E-state index contributed by atoms with van der Waals surface area (Å²) in [4.78, 5) is 17.8. The quantitative estimate of drug-likeness (QED) is 0.658. The van der Waals surface area contributed by atoms with Crippen LogP contribution >= 0.6 is 0 Å². The van der Waals surface area contributed by atoms with Crippen LogP contribution in [-0.4, -0.2) is 16.6 Å². The highest BCUT2D eigenvalue weighted by Gasteiger charge is 1.99. The molecular formula is C9H15N3O2. The van der Waals surface area contributed by atoms with E-state index < -0.39 is 0 Å². The zero-order chi connectivity index (χ0) is 10.4. The maximum atomic E-state index is 11.1. The molecule has 5 heteroatoms. The van der Waals surface area contributed by atoms with Crippen molar-refractivity contribution < 1.29 is 4.74 Å². The maximum absolute atomic E-state index is 11.1. The van der Waals surface area contributed by atoms with Gasteiger partial charge in [0.25, 0.3) is 5.56 Å². The average Bonchev–Trinajstić information content (AvgIpc) is 2.17. The molecular weight excluding hydrogens is 182 g/mol. The second kappa shape index (κ2) is 5.51. The normalized spacial score (nSPS) is 10.4. The molecule has 0 radical (unpaired) electrons. The summed E-state index contributed by atoms with van der Waals surface area (Å²) in [5.41, 5.74) is 5.79. The largest absolute Gasteiger partial charge is 0.374 e. The summed E-state index contributed by atoms with van der Waals surface area (Å²) in [6.45, 7) is 3.28.